The Hall–Kier alpha value is -1.10. The van der Waals surface area contributed by atoms with E-state index in [1.54, 1.807) is 0 Å². The van der Waals surface area contributed by atoms with Crippen molar-refractivity contribution in [3.63, 3.8) is 0 Å². The summed E-state index contributed by atoms with van der Waals surface area (Å²) in [5.74, 6) is 5.01. The van der Waals surface area contributed by atoms with Gasteiger partial charge in [-0.15, -0.1) is 0 Å². The SMILES string of the molecule is NOCc1ccc(N2CCOCC2)cc1. The third kappa shape index (κ3) is 2.68. The predicted octanol–water partition coefficient (Wildman–Crippen LogP) is 0.913. The van der Waals surface area contributed by atoms with Crippen molar-refractivity contribution in [2.75, 3.05) is 31.2 Å². The summed E-state index contributed by atoms with van der Waals surface area (Å²) in [5, 5.41) is 0. The number of nitrogens with zero attached hydrogens (tertiary/aromatic N) is 1. The lowest BCUT2D eigenvalue weighted by Crippen LogP contribution is -2.36. The van der Waals surface area contributed by atoms with Crippen LogP contribution >= 0.6 is 0 Å². The fraction of sp³-hybridized carbons (Fsp3) is 0.455. The average molecular weight is 208 g/mol. The van der Waals surface area contributed by atoms with Crippen LogP contribution in [0, 0.1) is 0 Å². The zero-order valence-corrected chi connectivity index (χ0v) is 8.69. The number of nitrogens with two attached hydrogens (primary N) is 1. The minimum Gasteiger partial charge on any atom is -0.378 e. The monoisotopic (exact) mass is 208 g/mol. The highest BCUT2D eigenvalue weighted by molar-refractivity contribution is 5.47. The Labute approximate surface area is 89.5 Å². The van der Waals surface area contributed by atoms with E-state index < -0.39 is 0 Å². The molecule has 1 aromatic rings. The molecule has 0 atom stereocenters. The number of hydrogen-bond donors (Lipinski definition) is 1. The van der Waals surface area contributed by atoms with Crippen molar-refractivity contribution in [2.45, 2.75) is 6.61 Å². The zero-order chi connectivity index (χ0) is 10.5. The fourth-order valence-corrected chi connectivity index (χ4v) is 1.72. The van der Waals surface area contributed by atoms with E-state index in [0.29, 0.717) is 6.61 Å². The summed E-state index contributed by atoms with van der Waals surface area (Å²) >= 11 is 0. The number of benzene rings is 1. The molecule has 0 unspecified atom stereocenters. The lowest BCUT2D eigenvalue weighted by atomic mass is 10.2. The largest absolute Gasteiger partial charge is 0.378 e. The molecule has 2 rings (SSSR count). The van der Waals surface area contributed by atoms with Crippen LogP contribution in [0.5, 0.6) is 0 Å². The van der Waals surface area contributed by atoms with E-state index in [4.69, 9.17) is 10.6 Å². The smallest absolute Gasteiger partial charge is 0.0930 e. The van der Waals surface area contributed by atoms with Gasteiger partial charge in [-0.05, 0) is 17.7 Å². The standard InChI is InChI=1S/C11H16N2O2/c12-15-9-10-1-3-11(4-2-10)13-5-7-14-8-6-13/h1-4H,5-9,12H2. The second-order valence-corrected chi connectivity index (χ2v) is 3.58. The van der Waals surface area contributed by atoms with Crippen LogP contribution in [0.2, 0.25) is 0 Å². The summed E-state index contributed by atoms with van der Waals surface area (Å²) < 4.78 is 5.31. The van der Waals surface area contributed by atoms with E-state index in [9.17, 15) is 0 Å². The average Bonchev–Trinajstić information content (AvgIpc) is 2.32. The Morgan fingerprint density at radius 3 is 2.47 bits per heavy atom. The highest BCUT2D eigenvalue weighted by Gasteiger charge is 2.10. The molecule has 1 aliphatic rings. The van der Waals surface area contributed by atoms with Crippen LogP contribution in [0.3, 0.4) is 0 Å². The van der Waals surface area contributed by atoms with E-state index in [-0.39, 0.29) is 0 Å². The lowest BCUT2D eigenvalue weighted by Gasteiger charge is -2.28. The van der Waals surface area contributed by atoms with E-state index in [1.165, 1.54) is 5.69 Å². The molecule has 1 aliphatic heterocycles. The van der Waals surface area contributed by atoms with Crippen molar-refractivity contribution < 1.29 is 9.57 Å². The van der Waals surface area contributed by atoms with Crippen molar-refractivity contribution in [2.24, 2.45) is 5.90 Å². The van der Waals surface area contributed by atoms with Crippen LogP contribution in [-0.4, -0.2) is 26.3 Å². The molecule has 4 nitrogen and oxygen atoms in total. The van der Waals surface area contributed by atoms with Gasteiger partial charge >= 0.3 is 0 Å². The van der Waals surface area contributed by atoms with Gasteiger partial charge in [0.05, 0.1) is 19.8 Å². The lowest BCUT2D eigenvalue weighted by molar-refractivity contribution is 0.122. The molecule has 0 bridgehead atoms. The molecule has 15 heavy (non-hydrogen) atoms. The van der Waals surface area contributed by atoms with Gasteiger partial charge in [-0.3, -0.25) is 4.84 Å². The second kappa shape index (κ2) is 5.11. The van der Waals surface area contributed by atoms with Crippen LogP contribution in [0.1, 0.15) is 5.56 Å². The molecule has 0 spiro atoms. The first-order chi connectivity index (χ1) is 7.40. The molecule has 1 saturated heterocycles. The second-order valence-electron chi connectivity index (χ2n) is 3.58. The van der Waals surface area contributed by atoms with Crippen molar-refractivity contribution in [1.82, 2.24) is 0 Å². The third-order valence-corrected chi connectivity index (χ3v) is 2.56. The van der Waals surface area contributed by atoms with Crippen LogP contribution < -0.4 is 10.8 Å². The first-order valence-electron chi connectivity index (χ1n) is 5.13. The summed E-state index contributed by atoms with van der Waals surface area (Å²) in [6, 6.07) is 8.27. The fourth-order valence-electron chi connectivity index (χ4n) is 1.72. The first kappa shape index (κ1) is 10.4. The van der Waals surface area contributed by atoms with Gasteiger partial charge in [0.15, 0.2) is 0 Å². The Morgan fingerprint density at radius 2 is 1.87 bits per heavy atom. The maximum atomic E-state index is 5.31. The molecule has 1 aromatic carbocycles. The normalized spacial score (nSPS) is 16.7. The maximum Gasteiger partial charge on any atom is 0.0930 e. The molecule has 0 radical (unpaired) electrons. The first-order valence-corrected chi connectivity index (χ1v) is 5.13. The molecule has 1 fully saturated rings. The molecule has 1 heterocycles. The zero-order valence-electron chi connectivity index (χ0n) is 8.69. The Bertz CT molecular complexity index is 294. The topological polar surface area (TPSA) is 47.7 Å². The Kier molecular flexibility index (Phi) is 3.55. The summed E-state index contributed by atoms with van der Waals surface area (Å²) in [5.41, 5.74) is 2.33. The molecule has 0 saturated carbocycles. The van der Waals surface area contributed by atoms with Gasteiger partial charge < -0.3 is 9.64 Å². The van der Waals surface area contributed by atoms with E-state index in [0.717, 1.165) is 31.9 Å². The minimum atomic E-state index is 0.462. The van der Waals surface area contributed by atoms with Crippen molar-refractivity contribution >= 4 is 5.69 Å². The third-order valence-electron chi connectivity index (χ3n) is 2.56. The van der Waals surface area contributed by atoms with Crippen LogP contribution in [0.4, 0.5) is 5.69 Å². The highest BCUT2D eigenvalue weighted by atomic mass is 16.6. The van der Waals surface area contributed by atoms with Crippen LogP contribution in [0.25, 0.3) is 0 Å². The summed E-state index contributed by atoms with van der Waals surface area (Å²) in [6.07, 6.45) is 0. The van der Waals surface area contributed by atoms with Gasteiger partial charge in [0.1, 0.15) is 0 Å². The molecule has 0 amide bonds. The summed E-state index contributed by atoms with van der Waals surface area (Å²) in [4.78, 5) is 6.90. The van der Waals surface area contributed by atoms with Gasteiger partial charge in [-0.1, -0.05) is 12.1 Å². The number of anilines is 1. The van der Waals surface area contributed by atoms with Gasteiger partial charge in [-0.2, -0.15) is 0 Å². The molecule has 0 aromatic heterocycles. The van der Waals surface area contributed by atoms with E-state index in [1.807, 2.05) is 12.1 Å². The van der Waals surface area contributed by atoms with Gasteiger partial charge in [0, 0.05) is 18.8 Å². The summed E-state index contributed by atoms with van der Waals surface area (Å²) in [7, 11) is 0. The van der Waals surface area contributed by atoms with Gasteiger partial charge in [-0.25, -0.2) is 5.90 Å². The number of hydrogen-bond acceptors (Lipinski definition) is 4. The predicted molar refractivity (Wildman–Crippen MR) is 58.5 cm³/mol. The van der Waals surface area contributed by atoms with Crippen LogP contribution in [0.15, 0.2) is 24.3 Å². The molecular formula is C11H16N2O2. The summed E-state index contributed by atoms with van der Waals surface area (Å²) in [6.45, 7) is 4.02. The molecule has 82 valence electrons. The Balaban J connectivity index is 2.02. The van der Waals surface area contributed by atoms with E-state index in [2.05, 4.69) is 21.9 Å². The van der Waals surface area contributed by atoms with Crippen molar-refractivity contribution in [1.29, 1.82) is 0 Å². The number of ether oxygens (including phenoxy) is 1. The van der Waals surface area contributed by atoms with Gasteiger partial charge in [0.2, 0.25) is 0 Å². The maximum absolute atomic E-state index is 5.31. The molecule has 2 N–H and O–H groups in total. The minimum absolute atomic E-state index is 0.462. The Morgan fingerprint density at radius 1 is 1.20 bits per heavy atom. The number of rotatable bonds is 3. The number of morpholine rings is 1. The van der Waals surface area contributed by atoms with Gasteiger partial charge in [0.25, 0.3) is 0 Å². The van der Waals surface area contributed by atoms with Crippen LogP contribution in [-0.2, 0) is 16.2 Å². The van der Waals surface area contributed by atoms with E-state index >= 15 is 0 Å². The highest BCUT2D eigenvalue weighted by Crippen LogP contribution is 2.16. The van der Waals surface area contributed by atoms with Crippen molar-refractivity contribution in [3.8, 4) is 0 Å². The quantitative estimate of drug-likeness (QED) is 0.750. The van der Waals surface area contributed by atoms with Crippen molar-refractivity contribution in [3.05, 3.63) is 29.8 Å². The molecule has 0 aliphatic carbocycles. The molecular weight excluding hydrogens is 192 g/mol. The molecule has 4 heteroatoms.